The molecule has 1 heterocycles. The zero-order valence-corrected chi connectivity index (χ0v) is 17.6. The molecule has 2 N–H and O–H groups in total. The third kappa shape index (κ3) is 6.15. The van der Waals surface area contributed by atoms with Crippen molar-refractivity contribution >= 4 is 17.3 Å². The molecule has 6 nitrogen and oxygen atoms in total. The summed E-state index contributed by atoms with van der Waals surface area (Å²) >= 11 is 1.78. The monoisotopic (exact) mass is 390 g/mol. The van der Waals surface area contributed by atoms with Crippen LogP contribution in [0.15, 0.2) is 40.7 Å². The largest absolute Gasteiger partial charge is 0.493 e. The molecule has 0 aliphatic rings. The van der Waals surface area contributed by atoms with Crippen molar-refractivity contribution in [2.24, 2.45) is 4.99 Å². The Labute approximate surface area is 166 Å². The molecule has 1 unspecified atom stereocenters. The Balaban J connectivity index is 1.85. The molecule has 0 aliphatic heterocycles. The Morgan fingerprint density at radius 3 is 2.52 bits per heavy atom. The minimum Gasteiger partial charge on any atom is -0.493 e. The standard InChI is InChI=1S/C20H30N4O2S/c1-21-20(23-14-16(24(2)3)19-7-6-12-27-19)22-11-10-15-8-9-17(25-4)18(13-15)26-5/h6-9,12-13,16H,10-11,14H2,1-5H3,(H2,21,22,23). The SMILES string of the molecule is CN=C(NCCc1ccc(OC)c(OC)c1)NCC(c1cccs1)N(C)C. The van der Waals surface area contributed by atoms with E-state index in [0.29, 0.717) is 6.04 Å². The van der Waals surface area contributed by atoms with Crippen molar-refractivity contribution in [1.29, 1.82) is 0 Å². The zero-order valence-electron chi connectivity index (χ0n) is 16.8. The average molecular weight is 391 g/mol. The number of guanidine groups is 1. The lowest BCUT2D eigenvalue weighted by Crippen LogP contribution is -2.42. The molecule has 0 radical (unpaired) electrons. The van der Waals surface area contributed by atoms with E-state index in [0.717, 1.165) is 37.0 Å². The highest BCUT2D eigenvalue weighted by Gasteiger charge is 2.15. The smallest absolute Gasteiger partial charge is 0.191 e. The van der Waals surface area contributed by atoms with Gasteiger partial charge in [-0.15, -0.1) is 11.3 Å². The van der Waals surface area contributed by atoms with Crippen LogP contribution in [0.4, 0.5) is 0 Å². The molecule has 0 aliphatic carbocycles. The number of rotatable bonds is 9. The van der Waals surface area contributed by atoms with E-state index in [-0.39, 0.29) is 0 Å². The maximum Gasteiger partial charge on any atom is 0.191 e. The van der Waals surface area contributed by atoms with Crippen LogP contribution in [0.25, 0.3) is 0 Å². The van der Waals surface area contributed by atoms with E-state index in [1.807, 2.05) is 12.1 Å². The fourth-order valence-electron chi connectivity index (χ4n) is 2.79. The van der Waals surface area contributed by atoms with Gasteiger partial charge in [0.2, 0.25) is 0 Å². The minimum atomic E-state index is 0.314. The molecule has 1 aromatic heterocycles. The summed E-state index contributed by atoms with van der Waals surface area (Å²) in [6.45, 7) is 1.57. The Hall–Kier alpha value is -2.25. The molecule has 7 heteroatoms. The lowest BCUT2D eigenvalue weighted by Gasteiger charge is -2.24. The van der Waals surface area contributed by atoms with Gasteiger partial charge in [-0.25, -0.2) is 0 Å². The summed E-state index contributed by atoms with van der Waals surface area (Å²) in [6, 6.07) is 10.6. The van der Waals surface area contributed by atoms with E-state index in [4.69, 9.17) is 9.47 Å². The third-order valence-electron chi connectivity index (χ3n) is 4.34. The van der Waals surface area contributed by atoms with Crippen LogP contribution in [-0.4, -0.2) is 59.3 Å². The molecular weight excluding hydrogens is 360 g/mol. The number of thiophene rings is 1. The first kappa shape index (κ1) is 21.1. The maximum absolute atomic E-state index is 5.36. The Bertz CT molecular complexity index is 717. The van der Waals surface area contributed by atoms with Crippen LogP contribution >= 0.6 is 11.3 Å². The van der Waals surface area contributed by atoms with Gasteiger partial charge in [-0.05, 0) is 49.7 Å². The summed E-state index contributed by atoms with van der Waals surface area (Å²) in [5.41, 5.74) is 1.18. The van der Waals surface area contributed by atoms with Crippen LogP contribution in [0.1, 0.15) is 16.5 Å². The van der Waals surface area contributed by atoms with Crippen LogP contribution in [-0.2, 0) is 6.42 Å². The number of likely N-dealkylation sites (N-methyl/N-ethyl adjacent to an activating group) is 1. The van der Waals surface area contributed by atoms with Gasteiger partial charge in [0.25, 0.3) is 0 Å². The predicted octanol–water partition coefficient (Wildman–Crippen LogP) is 2.78. The van der Waals surface area contributed by atoms with Crippen molar-refractivity contribution in [2.75, 3.05) is 48.5 Å². The van der Waals surface area contributed by atoms with E-state index < -0.39 is 0 Å². The van der Waals surface area contributed by atoms with Crippen molar-refractivity contribution in [3.8, 4) is 11.5 Å². The van der Waals surface area contributed by atoms with Crippen molar-refractivity contribution in [2.45, 2.75) is 12.5 Å². The summed E-state index contributed by atoms with van der Waals surface area (Å²) in [5, 5.41) is 8.91. The highest BCUT2D eigenvalue weighted by Crippen LogP contribution is 2.27. The molecule has 0 saturated carbocycles. The molecular formula is C20H30N4O2S. The molecule has 0 amide bonds. The number of benzene rings is 1. The summed E-state index contributed by atoms with van der Waals surface area (Å²) in [7, 11) is 9.28. The summed E-state index contributed by atoms with van der Waals surface area (Å²) in [4.78, 5) is 7.89. The van der Waals surface area contributed by atoms with Gasteiger partial charge in [0.15, 0.2) is 17.5 Å². The van der Waals surface area contributed by atoms with E-state index >= 15 is 0 Å². The van der Waals surface area contributed by atoms with Gasteiger partial charge in [-0.2, -0.15) is 0 Å². The van der Waals surface area contributed by atoms with Crippen LogP contribution < -0.4 is 20.1 Å². The number of nitrogens with zero attached hydrogens (tertiary/aromatic N) is 2. The first-order valence-electron chi connectivity index (χ1n) is 8.94. The second-order valence-corrected chi connectivity index (χ2v) is 7.29. The normalized spacial score (nSPS) is 12.7. The summed E-state index contributed by atoms with van der Waals surface area (Å²) in [5.74, 6) is 2.30. The summed E-state index contributed by atoms with van der Waals surface area (Å²) < 4.78 is 10.6. The Kier molecular flexibility index (Phi) is 8.42. The van der Waals surface area contributed by atoms with Gasteiger partial charge in [-0.1, -0.05) is 12.1 Å². The molecule has 2 rings (SSSR count). The van der Waals surface area contributed by atoms with Crippen LogP contribution in [0.5, 0.6) is 11.5 Å². The van der Waals surface area contributed by atoms with Gasteiger partial charge in [0, 0.05) is 25.0 Å². The second kappa shape index (κ2) is 10.8. The topological polar surface area (TPSA) is 58.1 Å². The first-order valence-corrected chi connectivity index (χ1v) is 9.82. The lowest BCUT2D eigenvalue weighted by molar-refractivity contribution is 0.302. The number of hydrogen-bond acceptors (Lipinski definition) is 5. The fourth-order valence-corrected chi connectivity index (χ4v) is 3.72. The van der Waals surface area contributed by atoms with Crippen molar-refractivity contribution in [3.63, 3.8) is 0 Å². The zero-order chi connectivity index (χ0) is 19.6. The van der Waals surface area contributed by atoms with Crippen LogP contribution in [0.2, 0.25) is 0 Å². The number of aliphatic imine (C=N–C) groups is 1. The minimum absolute atomic E-state index is 0.314. The predicted molar refractivity (Wildman–Crippen MR) is 113 cm³/mol. The van der Waals surface area contributed by atoms with E-state index in [2.05, 4.69) is 58.2 Å². The summed E-state index contributed by atoms with van der Waals surface area (Å²) in [6.07, 6.45) is 0.864. The molecule has 0 spiro atoms. The van der Waals surface area contributed by atoms with E-state index in [9.17, 15) is 0 Å². The highest BCUT2D eigenvalue weighted by molar-refractivity contribution is 7.10. The number of nitrogens with one attached hydrogen (secondary N) is 2. The van der Waals surface area contributed by atoms with Crippen molar-refractivity contribution in [1.82, 2.24) is 15.5 Å². The fraction of sp³-hybridized carbons (Fsp3) is 0.450. The quantitative estimate of drug-likeness (QED) is 0.509. The van der Waals surface area contributed by atoms with Gasteiger partial charge >= 0.3 is 0 Å². The molecule has 148 valence electrons. The van der Waals surface area contributed by atoms with Crippen molar-refractivity contribution < 1.29 is 9.47 Å². The number of ether oxygens (including phenoxy) is 2. The van der Waals surface area contributed by atoms with E-state index in [1.54, 1.807) is 32.6 Å². The molecule has 1 aromatic carbocycles. The molecule has 1 atom stereocenters. The second-order valence-electron chi connectivity index (χ2n) is 6.31. The van der Waals surface area contributed by atoms with Crippen LogP contribution in [0, 0.1) is 0 Å². The van der Waals surface area contributed by atoms with Gasteiger partial charge in [0.05, 0.1) is 20.3 Å². The Morgan fingerprint density at radius 1 is 1.15 bits per heavy atom. The molecule has 0 fully saturated rings. The highest BCUT2D eigenvalue weighted by atomic mass is 32.1. The number of methoxy groups -OCH3 is 2. The maximum atomic E-state index is 5.36. The van der Waals surface area contributed by atoms with E-state index in [1.165, 1.54) is 10.4 Å². The first-order chi connectivity index (χ1) is 13.1. The molecule has 0 saturated heterocycles. The van der Waals surface area contributed by atoms with Gasteiger partial charge in [0.1, 0.15) is 0 Å². The average Bonchev–Trinajstić information content (AvgIpc) is 3.20. The van der Waals surface area contributed by atoms with Gasteiger partial charge < -0.3 is 25.0 Å². The molecule has 27 heavy (non-hydrogen) atoms. The number of hydrogen-bond donors (Lipinski definition) is 2. The van der Waals surface area contributed by atoms with Gasteiger partial charge in [-0.3, -0.25) is 4.99 Å². The molecule has 2 aromatic rings. The van der Waals surface area contributed by atoms with Crippen molar-refractivity contribution in [3.05, 3.63) is 46.2 Å². The molecule has 0 bridgehead atoms. The Morgan fingerprint density at radius 2 is 1.93 bits per heavy atom. The lowest BCUT2D eigenvalue weighted by atomic mass is 10.1. The van der Waals surface area contributed by atoms with Crippen LogP contribution in [0.3, 0.4) is 0 Å². The third-order valence-corrected chi connectivity index (χ3v) is 5.31.